The second-order valence-electron chi connectivity index (χ2n) is 6.24. The van der Waals surface area contributed by atoms with Crippen LogP contribution in [0.4, 0.5) is 0 Å². The molecule has 0 bridgehead atoms. The number of unbranched alkanes of at least 4 members (excludes halogenated alkanes) is 11. The van der Waals surface area contributed by atoms with Crippen molar-refractivity contribution in [3.63, 3.8) is 0 Å². The van der Waals surface area contributed by atoms with E-state index in [9.17, 15) is 4.79 Å². The highest BCUT2D eigenvalue weighted by Gasteiger charge is 1.97. The van der Waals surface area contributed by atoms with Gasteiger partial charge in [-0.1, -0.05) is 63.9 Å². The molecule has 0 aliphatic rings. The molecule has 0 unspecified atom stereocenters. The van der Waals surface area contributed by atoms with Crippen molar-refractivity contribution in [1.29, 1.82) is 0 Å². The molecule has 0 radical (unpaired) electrons. The van der Waals surface area contributed by atoms with E-state index in [2.05, 4.69) is 12.2 Å². The van der Waals surface area contributed by atoms with Gasteiger partial charge in [-0.3, -0.25) is 4.79 Å². The maximum Gasteiger partial charge on any atom is 0.303 e. The van der Waals surface area contributed by atoms with E-state index < -0.39 is 5.97 Å². The van der Waals surface area contributed by atoms with Gasteiger partial charge in [0, 0.05) is 6.42 Å². The highest BCUT2D eigenvalue weighted by molar-refractivity contribution is 5.66. The van der Waals surface area contributed by atoms with Crippen molar-refractivity contribution >= 4 is 12.0 Å². The molecule has 3 heteroatoms. The topological polar surface area (TPSA) is 50.4 Å². The maximum atomic E-state index is 10.4. The fraction of sp³-hybridized carbons (Fsp3) is 0.650. The molecule has 0 aromatic carbocycles. The molecule has 0 saturated heterocycles. The highest BCUT2D eigenvalue weighted by atomic mass is 16.4. The lowest BCUT2D eigenvalue weighted by Crippen LogP contribution is -1.93. The monoisotopic (exact) mass is 320 g/mol. The number of rotatable bonds is 15. The van der Waals surface area contributed by atoms with E-state index in [0.29, 0.717) is 6.42 Å². The molecule has 0 saturated carbocycles. The lowest BCUT2D eigenvalue weighted by molar-refractivity contribution is -0.137. The summed E-state index contributed by atoms with van der Waals surface area (Å²) < 4.78 is 5.24. The number of hydrogen-bond acceptors (Lipinski definition) is 2. The molecule has 0 spiro atoms. The fourth-order valence-electron chi connectivity index (χ4n) is 2.71. The van der Waals surface area contributed by atoms with Gasteiger partial charge in [0.2, 0.25) is 0 Å². The Kier molecular flexibility index (Phi) is 12.0. The van der Waals surface area contributed by atoms with Crippen LogP contribution >= 0.6 is 0 Å². The van der Waals surface area contributed by atoms with Crippen LogP contribution in [0.15, 0.2) is 28.9 Å². The molecule has 0 aliphatic heterocycles. The van der Waals surface area contributed by atoms with Crippen molar-refractivity contribution in [3.8, 4) is 0 Å². The number of carboxylic acid groups (broad SMARTS) is 1. The van der Waals surface area contributed by atoms with E-state index >= 15 is 0 Å². The lowest BCUT2D eigenvalue weighted by Gasteiger charge is -2.02. The van der Waals surface area contributed by atoms with Crippen molar-refractivity contribution in [2.45, 2.75) is 83.5 Å². The Labute approximate surface area is 140 Å². The molecule has 1 N–H and O–H groups in total. The Balaban J connectivity index is 1.74. The normalized spacial score (nSPS) is 11.3. The van der Waals surface area contributed by atoms with Gasteiger partial charge in [-0.2, -0.15) is 0 Å². The first-order chi connectivity index (χ1) is 11.3. The Morgan fingerprint density at radius 1 is 0.913 bits per heavy atom. The van der Waals surface area contributed by atoms with E-state index in [1.165, 1.54) is 57.8 Å². The zero-order valence-corrected chi connectivity index (χ0v) is 14.3. The minimum atomic E-state index is -0.665. The summed E-state index contributed by atoms with van der Waals surface area (Å²) in [6.07, 6.45) is 21.0. The Bertz CT molecular complexity index is 407. The SMILES string of the molecule is O=C(O)CCCCCCCCCCCCCC=Cc1ccco1. The second kappa shape index (κ2) is 14.1. The molecule has 130 valence electrons. The summed E-state index contributed by atoms with van der Waals surface area (Å²) in [6, 6.07) is 3.89. The number of allylic oxidation sites excluding steroid dienone is 1. The molecule has 23 heavy (non-hydrogen) atoms. The molecular formula is C20H32O3. The van der Waals surface area contributed by atoms with E-state index in [0.717, 1.165) is 25.0 Å². The highest BCUT2D eigenvalue weighted by Crippen LogP contribution is 2.13. The summed E-state index contributed by atoms with van der Waals surface area (Å²) in [5, 5.41) is 8.54. The number of aliphatic carboxylic acids is 1. The number of hydrogen-bond donors (Lipinski definition) is 1. The van der Waals surface area contributed by atoms with Gasteiger partial charge in [-0.25, -0.2) is 0 Å². The Morgan fingerprint density at radius 3 is 2.00 bits per heavy atom. The van der Waals surface area contributed by atoms with Crippen LogP contribution in [0.5, 0.6) is 0 Å². The van der Waals surface area contributed by atoms with Crippen LogP contribution in [0.1, 0.15) is 89.2 Å². The molecule has 1 aromatic heterocycles. The van der Waals surface area contributed by atoms with Gasteiger partial charge in [0.05, 0.1) is 6.26 Å². The first-order valence-corrected chi connectivity index (χ1v) is 9.21. The molecule has 0 amide bonds. The molecule has 3 nitrogen and oxygen atoms in total. The van der Waals surface area contributed by atoms with Gasteiger partial charge < -0.3 is 9.52 Å². The third-order valence-corrected chi connectivity index (χ3v) is 4.09. The first-order valence-electron chi connectivity index (χ1n) is 9.21. The van der Waals surface area contributed by atoms with Crippen LogP contribution < -0.4 is 0 Å². The third kappa shape index (κ3) is 12.7. The average molecular weight is 320 g/mol. The Hall–Kier alpha value is -1.51. The van der Waals surface area contributed by atoms with Crippen molar-refractivity contribution in [2.75, 3.05) is 0 Å². The third-order valence-electron chi connectivity index (χ3n) is 4.09. The number of carbonyl (C=O) groups is 1. The number of carboxylic acids is 1. The van der Waals surface area contributed by atoms with Crippen LogP contribution in [0, 0.1) is 0 Å². The standard InChI is InChI=1S/C20H32O3/c21-20(22)17-13-11-9-7-5-3-1-2-4-6-8-10-12-15-19-16-14-18-23-19/h12,14-16,18H,1-11,13,17H2,(H,21,22). The quantitative estimate of drug-likeness (QED) is 0.378. The smallest absolute Gasteiger partial charge is 0.303 e. The van der Waals surface area contributed by atoms with Gasteiger partial charge in [0.15, 0.2) is 0 Å². The molecule has 1 rings (SSSR count). The molecule has 0 aliphatic carbocycles. The lowest BCUT2D eigenvalue weighted by atomic mass is 10.0. The molecule has 0 atom stereocenters. The van der Waals surface area contributed by atoms with E-state index in [4.69, 9.17) is 9.52 Å². The van der Waals surface area contributed by atoms with Crippen LogP contribution in [0.25, 0.3) is 6.08 Å². The summed E-state index contributed by atoms with van der Waals surface area (Å²) in [7, 11) is 0. The molecule has 1 aromatic rings. The van der Waals surface area contributed by atoms with Gasteiger partial charge >= 0.3 is 5.97 Å². The first kappa shape index (κ1) is 19.5. The second-order valence-corrected chi connectivity index (χ2v) is 6.24. The predicted molar refractivity (Wildman–Crippen MR) is 95.4 cm³/mol. The Morgan fingerprint density at radius 2 is 1.48 bits per heavy atom. The van der Waals surface area contributed by atoms with Crippen LogP contribution in [0.3, 0.4) is 0 Å². The van der Waals surface area contributed by atoms with Crippen LogP contribution in [0.2, 0.25) is 0 Å². The maximum absolute atomic E-state index is 10.4. The van der Waals surface area contributed by atoms with Gasteiger partial charge in [-0.15, -0.1) is 0 Å². The average Bonchev–Trinajstić information content (AvgIpc) is 3.04. The zero-order chi connectivity index (χ0) is 16.6. The summed E-state index contributed by atoms with van der Waals surface area (Å²) in [6.45, 7) is 0. The van der Waals surface area contributed by atoms with Gasteiger partial charge in [0.25, 0.3) is 0 Å². The minimum Gasteiger partial charge on any atom is -0.481 e. The summed E-state index contributed by atoms with van der Waals surface area (Å²) in [5.74, 6) is 0.273. The predicted octanol–water partition coefficient (Wildman–Crippen LogP) is 6.45. The van der Waals surface area contributed by atoms with Gasteiger partial charge in [-0.05, 0) is 37.5 Å². The summed E-state index contributed by atoms with van der Waals surface area (Å²) in [5.41, 5.74) is 0. The molecular weight excluding hydrogens is 288 g/mol. The van der Waals surface area contributed by atoms with Crippen LogP contribution in [-0.2, 0) is 4.79 Å². The molecule has 0 fully saturated rings. The fourth-order valence-corrected chi connectivity index (χ4v) is 2.71. The van der Waals surface area contributed by atoms with Crippen molar-refractivity contribution in [1.82, 2.24) is 0 Å². The van der Waals surface area contributed by atoms with E-state index in [1.807, 2.05) is 12.1 Å². The van der Waals surface area contributed by atoms with Crippen molar-refractivity contribution < 1.29 is 14.3 Å². The summed E-state index contributed by atoms with van der Waals surface area (Å²) in [4.78, 5) is 10.4. The van der Waals surface area contributed by atoms with E-state index in [1.54, 1.807) is 6.26 Å². The van der Waals surface area contributed by atoms with E-state index in [-0.39, 0.29) is 0 Å². The number of furan rings is 1. The van der Waals surface area contributed by atoms with Gasteiger partial charge in [0.1, 0.15) is 5.76 Å². The van der Waals surface area contributed by atoms with Crippen LogP contribution in [-0.4, -0.2) is 11.1 Å². The molecule has 1 heterocycles. The zero-order valence-electron chi connectivity index (χ0n) is 14.3. The largest absolute Gasteiger partial charge is 0.481 e. The minimum absolute atomic E-state index is 0.330. The van der Waals surface area contributed by atoms with Crippen molar-refractivity contribution in [2.24, 2.45) is 0 Å². The summed E-state index contributed by atoms with van der Waals surface area (Å²) >= 11 is 0. The van der Waals surface area contributed by atoms with Crippen molar-refractivity contribution in [3.05, 3.63) is 30.2 Å².